The SMILES string of the molecule is CSC(C)(C)CNS(=O)(=O)c1cc(Cl)cc(C(=O)O)c1C. The van der Waals surface area contributed by atoms with E-state index in [1.807, 2.05) is 20.1 Å². The third-order valence-corrected chi connectivity index (χ3v) is 6.08. The van der Waals surface area contributed by atoms with Gasteiger partial charge in [-0.1, -0.05) is 11.6 Å². The van der Waals surface area contributed by atoms with Crippen molar-refractivity contribution < 1.29 is 18.3 Å². The number of carboxylic acid groups (broad SMARTS) is 1. The fourth-order valence-electron chi connectivity index (χ4n) is 1.57. The first kappa shape index (κ1) is 18.3. The molecule has 1 aromatic rings. The molecule has 1 aromatic carbocycles. The number of nitrogens with one attached hydrogen (secondary N) is 1. The molecule has 0 aliphatic carbocycles. The van der Waals surface area contributed by atoms with E-state index >= 15 is 0 Å². The molecule has 5 nitrogen and oxygen atoms in total. The van der Waals surface area contributed by atoms with Crippen LogP contribution in [0.3, 0.4) is 0 Å². The van der Waals surface area contributed by atoms with E-state index < -0.39 is 16.0 Å². The van der Waals surface area contributed by atoms with E-state index in [9.17, 15) is 13.2 Å². The Labute approximate surface area is 134 Å². The number of sulfonamides is 1. The predicted octanol–water partition coefficient (Wildman–Crippen LogP) is 2.77. The van der Waals surface area contributed by atoms with E-state index in [0.717, 1.165) is 0 Å². The highest BCUT2D eigenvalue weighted by atomic mass is 35.5. The van der Waals surface area contributed by atoms with E-state index in [-0.39, 0.29) is 32.3 Å². The zero-order valence-electron chi connectivity index (χ0n) is 12.2. The molecular formula is C13H18ClNO4S2. The first-order valence-electron chi connectivity index (χ1n) is 6.08. The second-order valence-electron chi connectivity index (χ2n) is 5.17. The van der Waals surface area contributed by atoms with Crippen LogP contribution in [0.25, 0.3) is 0 Å². The van der Waals surface area contributed by atoms with Crippen LogP contribution in [0.2, 0.25) is 5.02 Å². The highest BCUT2D eigenvalue weighted by Gasteiger charge is 2.25. The Balaban J connectivity index is 3.23. The summed E-state index contributed by atoms with van der Waals surface area (Å²) < 4.78 is 27.0. The Morgan fingerprint density at radius 3 is 2.48 bits per heavy atom. The van der Waals surface area contributed by atoms with Gasteiger partial charge < -0.3 is 5.11 Å². The minimum atomic E-state index is -3.82. The molecule has 0 spiro atoms. The summed E-state index contributed by atoms with van der Waals surface area (Å²) in [6.07, 6.45) is 1.89. The third-order valence-electron chi connectivity index (χ3n) is 3.09. The van der Waals surface area contributed by atoms with Gasteiger partial charge in [-0.2, -0.15) is 11.8 Å². The van der Waals surface area contributed by atoms with Crippen LogP contribution >= 0.6 is 23.4 Å². The van der Waals surface area contributed by atoms with Crippen LogP contribution in [0.1, 0.15) is 29.8 Å². The number of halogens is 1. The van der Waals surface area contributed by atoms with Crippen molar-refractivity contribution >= 4 is 39.4 Å². The number of aromatic carboxylic acids is 1. The minimum absolute atomic E-state index is 0.0718. The maximum absolute atomic E-state index is 12.4. The molecule has 0 fully saturated rings. The number of carboxylic acids is 1. The Bertz CT molecular complexity index is 656. The molecule has 0 atom stereocenters. The van der Waals surface area contributed by atoms with Crippen molar-refractivity contribution in [1.82, 2.24) is 4.72 Å². The number of benzene rings is 1. The number of carbonyl (C=O) groups is 1. The van der Waals surface area contributed by atoms with Crippen molar-refractivity contribution in [3.05, 3.63) is 28.3 Å². The number of hydrogen-bond acceptors (Lipinski definition) is 4. The van der Waals surface area contributed by atoms with Crippen LogP contribution in [0.5, 0.6) is 0 Å². The van der Waals surface area contributed by atoms with Crippen LogP contribution in [0.4, 0.5) is 0 Å². The molecule has 0 bridgehead atoms. The second kappa shape index (κ2) is 6.56. The zero-order chi connectivity index (χ0) is 16.4. The standard InChI is InChI=1S/C13H18ClNO4S2/c1-8-10(12(16)17)5-9(14)6-11(8)21(18,19)15-7-13(2,3)20-4/h5-6,15H,7H2,1-4H3,(H,16,17). The maximum atomic E-state index is 12.4. The summed E-state index contributed by atoms with van der Waals surface area (Å²) in [7, 11) is -3.82. The lowest BCUT2D eigenvalue weighted by Gasteiger charge is -2.22. The molecule has 8 heteroatoms. The van der Waals surface area contributed by atoms with E-state index in [1.165, 1.54) is 30.8 Å². The van der Waals surface area contributed by atoms with E-state index in [1.54, 1.807) is 0 Å². The van der Waals surface area contributed by atoms with Crippen LogP contribution in [-0.2, 0) is 10.0 Å². The lowest BCUT2D eigenvalue weighted by molar-refractivity contribution is 0.0696. The van der Waals surface area contributed by atoms with Crippen molar-refractivity contribution in [3.63, 3.8) is 0 Å². The first-order chi connectivity index (χ1) is 9.50. The van der Waals surface area contributed by atoms with Gasteiger partial charge >= 0.3 is 5.97 Å². The molecule has 0 aromatic heterocycles. The molecule has 1 rings (SSSR count). The molecule has 0 radical (unpaired) electrons. The van der Waals surface area contributed by atoms with Crippen molar-refractivity contribution in [1.29, 1.82) is 0 Å². The Hall–Kier alpha value is -0.760. The average molecular weight is 352 g/mol. The van der Waals surface area contributed by atoms with Gasteiger partial charge in [0.25, 0.3) is 0 Å². The normalized spacial score (nSPS) is 12.4. The summed E-state index contributed by atoms with van der Waals surface area (Å²) in [5.74, 6) is -1.21. The molecular weight excluding hydrogens is 334 g/mol. The molecule has 118 valence electrons. The Morgan fingerprint density at radius 2 is 2.00 bits per heavy atom. The van der Waals surface area contributed by atoms with Crippen LogP contribution in [0, 0.1) is 6.92 Å². The van der Waals surface area contributed by atoms with Gasteiger partial charge in [0.05, 0.1) is 10.5 Å². The summed E-state index contributed by atoms with van der Waals surface area (Å²) in [6.45, 7) is 5.50. The number of thioether (sulfide) groups is 1. The summed E-state index contributed by atoms with van der Waals surface area (Å²) in [6, 6.07) is 2.50. The largest absolute Gasteiger partial charge is 0.478 e. The first-order valence-corrected chi connectivity index (χ1v) is 9.17. The van der Waals surface area contributed by atoms with E-state index in [0.29, 0.717) is 0 Å². The lowest BCUT2D eigenvalue weighted by Crippen LogP contribution is -2.36. The van der Waals surface area contributed by atoms with Crippen molar-refractivity contribution in [2.75, 3.05) is 12.8 Å². The van der Waals surface area contributed by atoms with Gasteiger partial charge in [0, 0.05) is 16.3 Å². The highest BCUT2D eigenvalue weighted by molar-refractivity contribution is 8.00. The predicted molar refractivity (Wildman–Crippen MR) is 85.9 cm³/mol. The van der Waals surface area contributed by atoms with Gasteiger partial charge in [-0.15, -0.1) is 0 Å². The highest BCUT2D eigenvalue weighted by Crippen LogP contribution is 2.26. The molecule has 0 heterocycles. The zero-order valence-corrected chi connectivity index (χ0v) is 14.6. The number of rotatable bonds is 6. The Kier molecular flexibility index (Phi) is 5.71. The number of hydrogen-bond donors (Lipinski definition) is 2. The van der Waals surface area contributed by atoms with Crippen molar-refractivity contribution in [2.45, 2.75) is 30.4 Å². The summed E-state index contributed by atoms with van der Waals surface area (Å²) in [5, 5.41) is 9.17. The monoisotopic (exact) mass is 351 g/mol. The summed E-state index contributed by atoms with van der Waals surface area (Å²) in [5.41, 5.74) is 0.0494. The summed E-state index contributed by atoms with van der Waals surface area (Å²) >= 11 is 7.36. The molecule has 0 amide bonds. The molecule has 21 heavy (non-hydrogen) atoms. The van der Waals surface area contributed by atoms with E-state index in [2.05, 4.69) is 4.72 Å². The third kappa shape index (κ3) is 4.60. The fraction of sp³-hybridized carbons (Fsp3) is 0.462. The van der Waals surface area contributed by atoms with Gasteiger partial charge in [-0.05, 0) is 44.7 Å². The molecule has 2 N–H and O–H groups in total. The van der Waals surface area contributed by atoms with Crippen LogP contribution in [-0.4, -0.2) is 37.0 Å². The molecule has 0 unspecified atom stereocenters. The van der Waals surface area contributed by atoms with Gasteiger partial charge in [0.2, 0.25) is 10.0 Å². The topological polar surface area (TPSA) is 83.5 Å². The quantitative estimate of drug-likeness (QED) is 0.823. The van der Waals surface area contributed by atoms with Gasteiger partial charge in [0.1, 0.15) is 0 Å². The average Bonchev–Trinajstić information content (AvgIpc) is 2.38. The van der Waals surface area contributed by atoms with E-state index in [4.69, 9.17) is 16.7 Å². The summed E-state index contributed by atoms with van der Waals surface area (Å²) in [4.78, 5) is 11.0. The fourth-order valence-corrected chi connectivity index (χ4v) is 3.67. The molecule has 0 aliphatic rings. The van der Waals surface area contributed by atoms with Gasteiger partial charge in [-0.25, -0.2) is 17.9 Å². The Morgan fingerprint density at radius 1 is 1.43 bits per heavy atom. The van der Waals surface area contributed by atoms with Gasteiger partial charge in [-0.3, -0.25) is 0 Å². The second-order valence-corrected chi connectivity index (χ2v) is 8.86. The van der Waals surface area contributed by atoms with Crippen molar-refractivity contribution in [3.8, 4) is 0 Å². The minimum Gasteiger partial charge on any atom is -0.478 e. The van der Waals surface area contributed by atoms with Crippen LogP contribution in [0.15, 0.2) is 17.0 Å². The molecule has 0 aliphatic heterocycles. The van der Waals surface area contributed by atoms with Crippen LogP contribution < -0.4 is 4.72 Å². The lowest BCUT2D eigenvalue weighted by atomic mass is 10.1. The smallest absolute Gasteiger partial charge is 0.336 e. The van der Waals surface area contributed by atoms with Gasteiger partial charge in [0.15, 0.2) is 0 Å². The molecule has 0 saturated carbocycles. The molecule has 0 saturated heterocycles. The maximum Gasteiger partial charge on any atom is 0.336 e. The van der Waals surface area contributed by atoms with Crippen molar-refractivity contribution in [2.24, 2.45) is 0 Å².